The Balaban J connectivity index is 1.35. The van der Waals surface area contributed by atoms with Crippen LogP contribution in [0.3, 0.4) is 0 Å². The molecule has 0 radical (unpaired) electrons. The van der Waals surface area contributed by atoms with Gasteiger partial charge in [0.05, 0.1) is 26.6 Å². The molecule has 5 aromatic rings. The van der Waals surface area contributed by atoms with E-state index in [2.05, 4.69) is 20.6 Å². The average Bonchev–Trinajstić information content (AvgIpc) is 3.51. The minimum Gasteiger partial charge on any atom is -0.338 e. The second-order valence-electron chi connectivity index (χ2n) is 7.26. The number of aromatic amines is 1. The standard InChI is InChI=1S/C25H17ClN4O2S/c26-18-11-10-16(14-21(18)30-25(32)22-9-4-12-33-22)24(31)27-17-6-3-5-15(13-17)23-28-19-7-1-2-8-20(19)29-23/h1-14H,(H,27,31)(H,28,29)(H,30,32). The molecule has 0 unspecified atom stereocenters. The molecule has 8 heteroatoms. The van der Waals surface area contributed by atoms with Gasteiger partial charge in [0.25, 0.3) is 11.8 Å². The molecule has 3 aromatic carbocycles. The van der Waals surface area contributed by atoms with Crippen molar-refractivity contribution in [3.8, 4) is 11.4 Å². The lowest BCUT2D eigenvalue weighted by Crippen LogP contribution is -2.14. The van der Waals surface area contributed by atoms with Gasteiger partial charge in [0.1, 0.15) is 5.82 Å². The number of hydrogen-bond donors (Lipinski definition) is 3. The van der Waals surface area contributed by atoms with Crippen LogP contribution in [0, 0.1) is 0 Å². The van der Waals surface area contributed by atoms with Crippen molar-refractivity contribution in [1.82, 2.24) is 9.97 Å². The summed E-state index contributed by atoms with van der Waals surface area (Å²) in [4.78, 5) is 33.7. The lowest BCUT2D eigenvalue weighted by molar-refractivity contribution is 0.101. The van der Waals surface area contributed by atoms with E-state index in [1.807, 2.05) is 47.8 Å². The highest BCUT2D eigenvalue weighted by atomic mass is 35.5. The Labute approximate surface area is 198 Å². The molecule has 3 N–H and O–H groups in total. The van der Waals surface area contributed by atoms with E-state index in [9.17, 15) is 9.59 Å². The molecular weight excluding hydrogens is 456 g/mol. The Morgan fingerprint density at radius 2 is 1.76 bits per heavy atom. The molecule has 2 heterocycles. The molecule has 0 aliphatic carbocycles. The monoisotopic (exact) mass is 472 g/mol. The summed E-state index contributed by atoms with van der Waals surface area (Å²) in [7, 11) is 0. The van der Waals surface area contributed by atoms with Crippen molar-refractivity contribution in [2.75, 3.05) is 10.6 Å². The van der Waals surface area contributed by atoms with Crippen LogP contribution in [0.2, 0.25) is 5.02 Å². The fourth-order valence-electron chi connectivity index (χ4n) is 3.39. The largest absolute Gasteiger partial charge is 0.338 e. The maximum absolute atomic E-state index is 12.9. The summed E-state index contributed by atoms with van der Waals surface area (Å²) in [5.41, 5.74) is 4.04. The zero-order chi connectivity index (χ0) is 22.8. The number of anilines is 2. The van der Waals surface area contributed by atoms with Crippen molar-refractivity contribution in [2.24, 2.45) is 0 Å². The van der Waals surface area contributed by atoms with Crippen molar-refractivity contribution < 1.29 is 9.59 Å². The van der Waals surface area contributed by atoms with Gasteiger partial charge in [-0.2, -0.15) is 0 Å². The molecule has 5 rings (SSSR count). The summed E-state index contributed by atoms with van der Waals surface area (Å²) in [5.74, 6) is 0.125. The maximum Gasteiger partial charge on any atom is 0.265 e. The van der Waals surface area contributed by atoms with E-state index in [1.165, 1.54) is 11.3 Å². The molecular formula is C25H17ClN4O2S. The number of fused-ring (bicyclic) bond motifs is 1. The molecule has 0 bridgehead atoms. The van der Waals surface area contributed by atoms with Crippen molar-refractivity contribution in [2.45, 2.75) is 0 Å². The van der Waals surface area contributed by atoms with E-state index < -0.39 is 0 Å². The highest BCUT2D eigenvalue weighted by Crippen LogP contribution is 2.26. The van der Waals surface area contributed by atoms with Gasteiger partial charge in [0, 0.05) is 16.8 Å². The third-order valence-corrected chi connectivity index (χ3v) is 6.20. The van der Waals surface area contributed by atoms with Crippen LogP contribution in [-0.4, -0.2) is 21.8 Å². The van der Waals surface area contributed by atoms with Crippen LogP contribution in [0.1, 0.15) is 20.0 Å². The lowest BCUT2D eigenvalue weighted by Gasteiger charge is -2.10. The number of H-pyrrole nitrogens is 1. The highest BCUT2D eigenvalue weighted by Gasteiger charge is 2.14. The topological polar surface area (TPSA) is 86.9 Å². The number of halogens is 1. The normalized spacial score (nSPS) is 10.8. The maximum atomic E-state index is 12.9. The summed E-state index contributed by atoms with van der Waals surface area (Å²) >= 11 is 7.56. The first-order valence-corrected chi connectivity index (χ1v) is 11.3. The minimum atomic E-state index is -0.319. The Hall–Kier alpha value is -3.94. The van der Waals surface area contributed by atoms with Crippen LogP contribution >= 0.6 is 22.9 Å². The Morgan fingerprint density at radius 1 is 0.879 bits per heavy atom. The first-order chi connectivity index (χ1) is 16.1. The number of nitrogens with zero attached hydrogens (tertiary/aromatic N) is 1. The second kappa shape index (κ2) is 8.90. The third kappa shape index (κ3) is 4.50. The van der Waals surface area contributed by atoms with E-state index in [0.29, 0.717) is 26.8 Å². The summed E-state index contributed by atoms with van der Waals surface area (Å²) in [6.45, 7) is 0. The summed E-state index contributed by atoms with van der Waals surface area (Å²) in [5, 5.41) is 7.83. The molecule has 0 saturated heterocycles. The van der Waals surface area contributed by atoms with Crippen LogP contribution in [0.5, 0.6) is 0 Å². The van der Waals surface area contributed by atoms with Gasteiger partial charge in [-0.25, -0.2) is 4.98 Å². The fraction of sp³-hybridized carbons (Fsp3) is 0. The number of rotatable bonds is 5. The second-order valence-corrected chi connectivity index (χ2v) is 8.62. The zero-order valence-corrected chi connectivity index (χ0v) is 18.7. The molecule has 0 aliphatic rings. The Kier molecular flexibility index (Phi) is 5.64. The number of nitrogens with one attached hydrogen (secondary N) is 3. The number of aromatic nitrogens is 2. The molecule has 0 fully saturated rings. The van der Waals surface area contributed by atoms with Crippen molar-refractivity contribution in [1.29, 1.82) is 0 Å². The van der Waals surface area contributed by atoms with Crippen LogP contribution in [0.4, 0.5) is 11.4 Å². The zero-order valence-electron chi connectivity index (χ0n) is 17.1. The van der Waals surface area contributed by atoms with Crippen molar-refractivity contribution >= 4 is 57.2 Å². The molecule has 2 aromatic heterocycles. The number of para-hydroxylation sites is 2. The first kappa shape index (κ1) is 20.9. The number of carbonyl (C=O) groups excluding carboxylic acids is 2. The summed E-state index contributed by atoms with van der Waals surface area (Å²) < 4.78 is 0. The van der Waals surface area contributed by atoms with E-state index >= 15 is 0 Å². The summed E-state index contributed by atoms with van der Waals surface area (Å²) in [6, 6.07) is 23.5. The summed E-state index contributed by atoms with van der Waals surface area (Å²) in [6.07, 6.45) is 0. The Bertz CT molecular complexity index is 1440. The van der Waals surface area contributed by atoms with Gasteiger partial charge in [-0.05, 0) is 53.9 Å². The number of hydrogen-bond acceptors (Lipinski definition) is 4. The van der Waals surface area contributed by atoms with Crippen LogP contribution in [-0.2, 0) is 0 Å². The van der Waals surface area contributed by atoms with Gasteiger partial charge in [-0.3, -0.25) is 9.59 Å². The van der Waals surface area contributed by atoms with Crippen LogP contribution in [0.25, 0.3) is 22.4 Å². The molecule has 0 spiro atoms. The third-order valence-electron chi connectivity index (χ3n) is 5.00. The molecule has 0 aliphatic heterocycles. The molecule has 162 valence electrons. The van der Waals surface area contributed by atoms with Crippen LogP contribution in [0.15, 0.2) is 84.2 Å². The smallest absolute Gasteiger partial charge is 0.265 e. The predicted octanol–water partition coefficient (Wildman–Crippen LogP) is 6.45. The van der Waals surface area contributed by atoms with Gasteiger partial charge in [0.15, 0.2) is 0 Å². The van der Waals surface area contributed by atoms with Crippen LogP contribution < -0.4 is 10.6 Å². The molecule has 0 saturated carbocycles. The van der Waals surface area contributed by atoms with E-state index in [0.717, 1.165) is 22.4 Å². The van der Waals surface area contributed by atoms with E-state index in [4.69, 9.17) is 11.6 Å². The quantitative estimate of drug-likeness (QED) is 0.274. The number of amides is 2. The molecule has 6 nitrogen and oxygen atoms in total. The van der Waals surface area contributed by atoms with Gasteiger partial charge in [-0.15, -0.1) is 11.3 Å². The predicted molar refractivity (Wildman–Crippen MR) is 133 cm³/mol. The molecule has 2 amide bonds. The Morgan fingerprint density at radius 3 is 2.58 bits per heavy atom. The van der Waals surface area contributed by atoms with Gasteiger partial charge in [0.2, 0.25) is 0 Å². The first-order valence-electron chi connectivity index (χ1n) is 10.1. The van der Waals surface area contributed by atoms with E-state index in [-0.39, 0.29) is 11.8 Å². The fourth-order valence-corrected chi connectivity index (χ4v) is 4.17. The van der Waals surface area contributed by atoms with E-state index in [1.54, 1.807) is 36.4 Å². The highest BCUT2D eigenvalue weighted by molar-refractivity contribution is 7.12. The number of carbonyl (C=O) groups is 2. The SMILES string of the molecule is O=C(Nc1cccc(-c2nc3ccccc3[nH]2)c1)c1ccc(Cl)c(NC(=O)c2cccs2)c1. The molecule has 0 atom stereocenters. The average molecular weight is 473 g/mol. The number of thiophene rings is 1. The number of imidazole rings is 1. The lowest BCUT2D eigenvalue weighted by atomic mass is 10.1. The van der Waals surface area contributed by atoms with Gasteiger partial charge in [-0.1, -0.05) is 41.9 Å². The number of benzene rings is 3. The van der Waals surface area contributed by atoms with Crippen molar-refractivity contribution in [3.05, 3.63) is 99.7 Å². The van der Waals surface area contributed by atoms with Gasteiger partial charge >= 0.3 is 0 Å². The van der Waals surface area contributed by atoms with Crippen molar-refractivity contribution in [3.63, 3.8) is 0 Å². The molecule has 33 heavy (non-hydrogen) atoms. The minimum absolute atomic E-state index is 0.275. The van der Waals surface area contributed by atoms with Gasteiger partial charge < -0.3 is 15.6 Å².